The van der Waals surface area contributed by atoms with Crippen LogP contribution in [-0.2, 0) is 27.3 Å². The van der Waals surface area contributed by atoms with Crippen LogP contribution in [0.4, 0.5) is 0 Å². The van der Waals surface area contributed by atoms with Crippen molar-refractivity contribution in [2.24, 2.45) is 5.92 Å². The normalized spacial score (nSPS) is 24.3. The maximum atomic E-state index is 13.2. The first-order valence-electron chi connectivity index (χ1n) is 9.37. The highest BCUT2D eigenvalue weighted by Gasteiger charge is 2.53. The summed E-state index contributed by atoms with van der Waals surface area (Å²) in [5.74, 6) is -0.636. The Kier molecular flexibility index (Phi) is 4.50. The number of amides is 2. The van der Waals surface area contributed by atoms with Crippen molar-refractivity contribution in [1.29, 1.82) is 0 Å². The maximum Gasteiger partial charge on any atom is 0.307 e. The van der Waals surface area contributed by atoms with Crippen molar-refractivity contribution in [3.63, 3.8) is 0 Å². The van der Waals surface area contributed by atoms with Crippen LogP contribution in [0, 0.1) is 5.92 Å². The SMILES string of the molecule is CNC(=O)c1cc2c(s1)CCN(C(=O)C1CC(=O)OC13CCCCC3)C2. The molecule has 6 nitrogen and oxygen atoms in total. The Morgan fingerprint density at radius 3 is 2.81 bits per heavy atom. The summed E-state index contributed by atoms with van der Waals surface area (Å²) < 4.78 is 5.70. The molecule has 2 fully saturated rings. The van der Waals surface area contributed by atoms with Gasteiger partial charge < -0.3 is 15.0 Å². The van der Waals surface area contributed by atoms with Crippen LogP contribution in [0.3, 0.4) is 0 Å². The number of carbonyl (C=O) groups is 3. The predicted molar refractivity (Wildman–Crippen MR) is 96.8 cm³/mol. The zero-order chi connectivity index (χ0) is 18.3. The van der Waals surface area contributed by atoms with Crippen molar-refractivity contribution in [2.45, 2.75) is 57.1 Å². The zero-order valence-corrected chi connectivity index (χ0v) is 15.8. The molecule has 4 rings (SSSR count). The summed E-state index contributed by atoms with van der Waals surface area (Å²) in [6.07, 6.45) is 5.74. The van der Waals surface area contributed by atoms with Crippen LogP contribution in [-0.4, -0.2) is 41.9 Å². The molecule has 1 saturated carbocycles. The molecule has 1 aromatic heterocycles. The Bertz CT molecular complexity index is 751. The van der Waals surface area contributed by atoms with Crippen molar-refractivity contribution in [3.8, 4) is 0 Å². The van der Waals surface area contributed by atoms with Gasteiger partial charge in [-0.2, -0.15) is 0 Å². The first kappa shape index (κ1) is 17.5. The van der Waals surface area contributed by atoms with Gasteiger partial charge in [0.2, 0.25) is 5.91 Å². The highest BCUT2D eigenvalue weighted by molar-refractivity contribution is 7.14. The van der Waals surface area contributed by atoms with Crippen LogP contribution in [0.15, 0.2) is 6.07 Å². The van der Waals surface area contributed by atoms with E-state index in [0.29, 0.717) is 18.0 Å². The Balaban J connectivity index is 1.53. The van der Waals surface area contributed by atoms with Crippen LogP contribution < -0.4 is 5.32 Å². The average molecular weight is 376 g/mol. The monoisotopic (exact) mass is 376 g/mol. The van der Waals surface area contributed by atoms with Gasteiger partial charge >= 0.3 is 5.97 Å². The Hall–Kier alpha value is -1.89. The molecule has 0 aromatic carbocycles. The number of hydrogen-bond donors (Lipinski definition) is 1. The van der Waals surface area contributed by atoms with Gasteiger partial charge in [0.25, 0.3) is 5.91 Å². The number of thiophene rings is 1. The fraction of sp³-hybridized carbons (Fsp3) is 0.632. The summed E-state index contributed by atoms with van der Waals surface area (Å²) in [6, 6.07) is 1.89. The largest absolute Gasteiger partial charge is 0.458 e. The molecule has 1 N–H and O–H groups in total. The Morgan fingerprint density at radius 2 is 2.08 bits per heavy atom. The maximum absolute atomic E-state index is 13.2. The molecule has 26 heavy (non-hydrogen) atoms. The molecular weight excluding hydrogens is 352 g/mol. The lowest BCUT2D eigenvalue weighted by Crippen LogP contribution is -2.48. The number of fused-ring (bicyclic) bond motifs is 1. The van der Waals surface area contributed by atoms with Gasteiger partial charge in [0.15, 0.2) is 0 Å². The summed E-state index contributed by atoms with van der Waals surface area (Å²) in [5.41, 5.74) is 0.477. The standard InChI is InChI=1S/C19H24N2O4S/c1-20-17(23)15-9-12-11-21(8-5-14(12)26-15)18(24)13-10-16(22)25-19(13)6-3-2-4-7-19/h9,13H,2-8,10-11H2,1H3,(H,20,23). The summed E-state index contributed by atoms with van der Waals surface area (Å²) in [5, 5.41) is 2.65. The van der Waals surface area contributed by atoms with Gasteiger partial charge in [0.1, 0.15) is 5.60 Å². The van der Waals surface area contributed by atoms with E-state index in [-0.39, 0.29) is 30.1 Å². The molecule has 140 valence electrons. The molecule has 2 amide bonds. The highest BCUT2D eigenvalue weighted by atomic mass is 32.1. The quantitative estimate of drug-likeness (QED) is 0.804. The van der Waals surface area contributed by atoms with Gasteiger partial charge in [-0.15, -0.1) is 11.3 Å². The topological polar surface area (TPSA) is 75.7 Å². The molecule has 2 aliphatic heterocycles. The summed E-state index contributed by atoms with van der Waals surface area (Å²) in [6.45, 7) is 1.16. The minimum Gasteiger partial charge on any atom is -0.458 e. The lowest BCUT2D eigenvalue weighted by atomic mass is 9.75. The first-order valence-corrected chi connectivity index (χ1v) is 10.2. The molecule has 1 unspecified atom stereocenters. The van der Waals surface area contributed by atoms with E-state index in [1.165, 1.54) is 16.2 Å². The second-order valence-corrected chi connectivity index (χ2v) is 8.64. The van der Waals surface area contributed by atoms with E-state index in [4.69, 9.17) is 4.74 Å². The van der Waals surface area contributed by atoms with Crippen LogP contribution in [0.2, 0.25) is 0 Å². The third-order valence-electron chi connectivity index (χ3n) is 5.95. The molecule has 1 saturated heterocycles. The third kappa shape index (κ3) is 2.92. The predicted octanol–water partition coefficient (Wildman–Crippen LogP) is 2.26. The number of hydrogen-bond acceptors (Lipinski definition) is 5. The van der Waals surface area contributed by atoms with Crippen molar-refractivity contribution in [3.05, 3.63) is 21.4 Å². The van der Waals surface area contributed by atoms with Gasteiger partial charge in [-0.25, -0.2) is 0 Å². The molecule has 3 heterocycles. The smallest absolute Gasteiger partial charge is 0.307 e. The average Bonchev–Trinajstić information content (AvgIpc) is 3.21. The second-order valence-electron chi connectivity index (χ2n) is 7.50. The van der Waals surface area contributed by atoms with Crippen molar-refractivity contribution in [1.82, 2.24) is 10.2 Å². The van der Waals surface area contributed by atoms with Crippen molar-refractivity contribution >= 4 is 29.1 Å². The van der Waals surface area contributed by atoms with Crippen LogP contribution >= 0.6 is 11.3 Å². The Labute approximate surface area is 156 Å². The van der Waals surface area contributed by atoms with E-state index in [0.717, 1.165) is 44.1 Å². The summed E-state index contributed by atoms with van der Waals surface area (Å²) in [4.78, 5) is 40.8. The van der Waals surface area contributed by atoms with Crippen LogP contribution in [0.5, 0.6) is 0 Å². The highest BCUT2D eigenvalue weighted by Crippen LogP contribution is 2.45. The van der Waals surface area contributed by atoms with E-state index in [1.807, 2.05) is 11.0 Å². The number of carbonyl (C=O) groups excluding carboxylic acids is 3. The molecule has 1 atom stereocenters. The van der Waals surface area contributed by atoms with E-state index in [2.05, 4.69) is 5.32 Å². The van der Waals surface area contributed by atoms with Crippen molar-refractivity contribution in [2.75, 3.05) is 13.6 Å². The van der Waals surface area contributed by atoms with Gasteiger partial charge in [0, 0.05) is 25.0 Å². The lowest BCUT2D eigenvalue weighted by molar-refractivity contribution is -0.156. The number of rotatable bonds is 2. The fourth-order valence-corrected chi connectivity index (χ4v) is 5.69. The minimum absolute atomic E-state index is 0.0380. The van der Waals surface area contributed by atoms with Gasteiger partial charge in [-0.3, -0.25) is 14.4 Å². The zero-order valence-electron chi connectivity index (χ0n) is 15.0. The molecule has 1 aliphatic carbocycles. The van der Waals surface area contributed by atoms with E-state index in [1.54, 1.807) is 7.05 Å². The number of esters is 1. The molecule has 0 bridgehead atoms. The first-order chi connectivity index (χ1) is 12.5. The number of nitrogens with zero attached hydrogens (tertiary/aromatic N) is 1. The molecule has 1 aromatic rings. The molecular formula is C19H24N2O4S. The van der Waals surface area contributed by atoms with E-state index in [9.17, 15) is 14.4 Å². The molecule has 7 heteroatoms. The molecule has 0 radical (unpaired) electrons. The second kappa shape index (κ2) is 6.68. The summed E-state index contributed by atoms with van der Waals surface area (Å²) >= 11 is 1.51. The molecule has 3 aliphatic rings. The van der Waals surface area contributed by atoms with E-state index < -0.39 is 5.60 Å². The Morgan fingerprint density at radius 1 is 1.31 bits per heavy atom. The third-order valence-corrected chi connectivity index (χ3v) is 7.19. The fourth-order valence-electron chi connectivity index (χ4n) is 4.58. The number of ether oxygens (including phenoxy) is 1. The van der Waals surface area contributed by atoms with Gasteiger partial charge in [0.05, 0.1) is 17.2 Å². The minimum atomic E-state index is -0.575. The van der Waals surface area contributed by atoms with Crippen molar-refractivity contribution < 1.29 is 19.1 Å². The molecule has 1 spiro atoms. The summed E-state index contributed by atoms with van der Waals surface area (Å²) in [7, 11) is 1.62. The van der Waals surface area contributed by atoms with Crippen LogP contribution in [0.25, 0.3) is 0 Å². The van der Waals surface area contributed by atoms with Crippen LogP contribution in [0.1, 0.15) is 58.6 Å². The lowest BCUT2D eigenvalue weighted by Gasteiger charge is -2.38. The van der Waals surface area contributed by atoms with Gasteiger partial charge in [-0.05, 0) is 43.7 Å². The number of nitrogens with one attached hydrogen (secondary N) is 1. The van der Waals surface area contributed by atoms with E-state index >= 15 is 0 Å². The van der Waals surface area contributed by atoms with Gasteiger partial charge in [-0.1, -0.05) is 6.42 Å².